The number of rotatable bonds is 7. The summed E-state index contributed by atoms with van der Waals surface area (Å²) in [6.07, 6.45) is 1.81. The third-order valence-corrected chi connectivity index (χ3v) is 4.41. The maximum absolute atomic E-state index is 12.2. The molecule has 128 valence electrons. The highest BCUT2D eigenvalue weighted by atomic mass is 32.2. The maximum Gasteiger partial charge on any atom is 0.294 e. The SMILES string of the molecule is CCC[C@H](NC(=O)CSc1nnc(C)c(=O)n1N)c1ccccc1. The zero-order valence-corrected chi connectivity index (χ0v) is 14.5. The van der Waals surface area contributed by atoms with Gasteiger partial charge in [-0.3, -0.25) is 9.59 Å². The molecular formula is C16H21N5O2S. The van der Waals surface area contributed by atoms with E-state index in [1.165, 1.54) is 6.92 Å². The summed E-state index contributed by atoms with van der Waals surface area (Å²) in [5.41, 5.74) is 0.878. The van der Waals surface area contributed by atoms with Crippen molar-refractivity contribution in [2.45, 2.75) is 37.9 Å². The molecule has 24 heavy (non-hydrogen) atoms. The highest BCUT2D eigenvalue weighted by Crippen LogP contribution is 2.19. The molecule has 0 saturated heterocycles. The molecule has 0 saturated carbocycles. The van der Waals surface area contributed by atoms with Crippen molar-refractivity contribution >= 4 is 17.7 Å². The van der Waals surface area contributed by atoms with Crippen LogP contribution in [-0.2, 0) is 4.79 Å². The third-order valence-electron chi connectivity index (χ3n) is 3.47. The molecule has 1 aromatic carbocycles. The number of hydrogen-bond acceptors (Lipinski definition) is 6. The Morgan fingerprint density at radius 3 is 2.71 bits per heavy atom. The molecule has 7 nitrogen and oxygen atoms in total. The normalized spacial score (nSPS) is 11.9. The summed E-state index contributed by atoms with van der Waals surface area (Å²) in [4.78, 5) is 23.9. The number of thioether (sulfide) groups is 1. The van der Waals surface area contributed by atoms with E-state index in [1.54, 1.807) is 0 Å². The van der Waals surface area contributed by atoms with Crippen LogP contribution in [0.4, 0.5) is 0 Å². The Balaban J connectivity index is 1.99. The second-order valence-electron chi connectivity index (χ2n) is 5.35. The smallest absolute Gasteiger partial charge is 0.294 e. The molecule has 0 fully saturated rings. The highest BCUT2D eigenvalue weighted by Gasteiger charge is 2.15. The first-order valence-corrected chi connectivity index (χ1v) is 8.70. The molecule has 0 aliphatic rings. The average molecular weight is 347 g/mol. The fourth-order valence-corrected chi connectivity index (χ4v) is 2.89. The molecule has 0 unspecified atom stereocenters. The summed E-state index contributed by atoms with van der Waals surface area (Å²) in [5.74, 6) is 5.63. The molecule has 1 amide bonds. The van der Waals surface area contributed by atoms with Crippen molar-refractivity contribution in [1.29, 1.82) is 0 Å². The maximum atomic E-state index is 12.2. The van der Waals surface area contributed by atoms with Crippen molar-refractivity contribution in [3.63, 3.8) is 0 Å². The lowest BCUT2D eigenvalue weighted by atomic mass is 10.0. The number of hydrogen-bond donors (Lipinski definition) is 2. The van der Waals surface area contributed by atoms with Gasteiger partial charge in [-0.15, -0.1) is 10.2 Å². The van der Waals surface area contributed by atoms with Crippen LogP contribution in [-0.4, -0.2) is 26.5 Å². The molecule has 2 rings (SSSR count). The fraction of sp³-hybridized carbons (Fsp3) is 0.375. The van der Waals surface area contributed by atoms with Crippen LogP contribution in [0.25, 0.3) is 0 Å². The minimum Gasteiger partial charge on any atom is -0.349 e. The van der Waals surface area contributed by atoms with Crippen LogP contribution in [0.2, 0.25) is 0 Å². The Morgan fingerprint density at radius 1 is 1.33 bits per heavy atom. The molecule has 0 spiro atoms. The van der Waals surface area contributed by atoms with Crippen molar-refractivity contribution < 1.29 is 4.79 Å². The van der Waals surface area contributed by atoms with Crippen LogP contribution in [0.5, 0.6) is 0 Å². The zero-order valence-electron chi connectivity index (χ0n) is 13.7. The Morgan fingerprint density at radius 2 is 2.04 bits per heavy atom. The number of nitrogen functional groups attached to an aromatic ring is 1. The van der Waals surface area contributed by atoms with Gasteiger partial charge in [0.05, 0.1) is 11.8 Å². The van der Waals surface area contributed by atoms with E-state index in [-0.39, 0.29) is 28.6 Å². The third kappa shape index (κ3) is 4.58. The van der Waals surface area contributed by atoms with Crippen LogP contribution in [0, 0.1) is 6.92 Å². The Hall–Kier alpha value is -2.35. The number of benzene rings is 1. The Labute approximate surface area is 144 Å². The number of nitrogens with two attached hydrogens (primary N) is 1. The van der Waals surface area contributed by atoms with E-state index in [2.05, 4.69) is 22.4 Å². The van der Waals surface area contributed by atoms with Crippen molar-refractivity contribution in [2.24, 2.45) is 0 Å². The lowest BCUT2D eigenvalue weighted by Crippen LogP contribution is -2.33. The zero-order chi connectivity index (χ0) is 17.5. The van der Waals surface area contributed by atoms with Crippen LogP contribution in [0.3, 0.4) is 0 Å². The predicted molar refractivity (Wildman–Crippen MR) is 94.1 cm³/mol. The minimum absolute atomic E-state index is 0.0338. The van der Waals surface area contributed by atoms with Crippen LogP contribution >= 0.6 is 11.8 Å². The summed E-state index contributed by atoms with van der Waals surface area (Å²) in [5, 5.41) is 10.8. The number of aryl methyl sites for hydroxylation is 1. The van der Waals surface area contributed by atoms with Gasteiger partial charge in [0.2, 0.25) is 11.1 Å². The van der Waals surface area contributed by atoms with Crippen molar-refractivity contribution in [1.82, 2.24) is 20.2 Å². The summed E-state index contributed by atoms with van der Waals surface area (Å²) >= 11 is 1.09. The second-order valence-corrected chi connectivity index (χ2v) is 6.29. The quantitative estimate of drug-likeness (QED) is 0.580. The molecule has 1 atom stereocenters. The van der Waals surface area contributed by atoms with Gasteiger partial charge in [0.1, 0.15) is 5.69 Å². The fourth-order valence-electron chi connectivity index (χ4n) is 2.23. The molecule has 0 aliphatic carbocycles. The first-order chi connectivity index (χ1) is 11.5. The van der Waals surface area contributed by atoms with E-state index in [0.29, 0.717) is 0 Å². The first-order valence-electron chi connectivity index (χ1n) is 7.71. The molecule has 2 aromatic rings. The number of amides is 1. The number of aromatic nitrogens is 3. The number of carbonyl (C=O) groups is 1. The van der Waals surface area contributed by atoms with Gasteiger partial charge < -0.3 is 11.2 Å². The van der Waals surface area contributed by atoms with E-state index >= 15 is 0 Å². The monoisotopic (exact) mass is 347 g/mol. The van der Waals surface area contributed by atoms with Gasteiger partial charge in [0.15, 0.2) is 0 Å². The molecule has 1 heterocycles. The lowest BCUT2D eigenvalue weighted by molar-refractivity contribution is -0.119. The van der Waals surface area contributed by atoms with Gasteiger partial charge in [-0.1, -0.05) is 55.4 Å². The molecule has 3 N–H and O–H groups in total. The minimum atomic E-state index is -0.416. The summed E-state index contributed by atoms with van der Waals surface area (Å²) in [7, 11) is 0. The molecule has 0 radical (unpaired) electrons. The van der Waals surface area contributed by atoms with Crippen molar-refractivity contribution in [3.8, 4) is 0 Å². The van der Waals surface area contributed by atoms with Crippen molar-refractivity contribution in [3.05, 3.63) is 51.9 Å². The van der Waals surface area contributed by atoms with Gasteiger partial charge in [0.25, 0.3) is 5.56 Å². The predicted octanol–water partition coefficient (Wildman–Crippen LogP) is 1.41. The summed E-state index contributed by atoms with van der Waals surface area (Å²) in [6.45, 7) is 3.61. The molecule has 0 bridgehead atoms. The average Bonchev–Trinajstić information content (AvgIpc) is 2.59. The Bertz CT molecular complexity index is 748. The van der Waals surface area contributed by atoms with Crippen molar-refractivity contribution in [2.75, 3.05) is 11.6 Å². The van der Waals surface area contributed by atoms with E-state index < -0.39 is 5.56 Å². The van der Waals surface area contributed by atoms with Gasteiger partial charge >= 0.3 is 0 Å². The van der Waals surface area contributed by atoms with Crippen LogP contribution in [0.15, 0.2) is 40.3 Å². The summed E-state index contributed by atoms with van der Waals surface area (Å²) < 4.78 is 0.918. The molecule has 8 heteroatoms. The number of nitrogens with one attached hydrogen (secondary N) is 1. The number of carbonyl (C=O) groups excluding carboxylic acids is 1. The largest absolute Gasteiger partial charge is 0.349 e. The van der Waals surface area contributed by atoms with Crippen LogP contribution < -0.4 is 16.7 Å². The standard InChI is InChI=1S/C16H21N5O2S/c1-3-7-13(12-8-5-4-6-9-12)18-14(22)10-24-16-20-19-11(2)15(23)21(16)17/h4-6,8-9,13H,3,7,10,17H2,1-2H3,(H,18,22)/t13-/m0/s1. The first kappa shape index (κ1) is 18.0. The van der Waals surface area contributed by atoms with Gasteiger partial charge in [-0.25, -0.2) is 0 Å². The van der Waals surface area contributed by atoms with Gasteiger partial charge in [-0.05, 0) is 18.9 Å². The van der Waals surface area contributed by atoms with E-state index in [9.17, 15) is 9.59 Å². The Kier molecular flexibility index (Phi) is 6.36. The van der Waals surface area contributed by atoms with E-state index in [4.69, 9.17) is 5.84 Å². The molecular weight excluding hydrogens is 326 g/mol. The topological polar surface area (TPSA) is 103 Å². The highest BCUT2D eigenvalue weighted by molar-refractivity contribution is 7.99. The second kappa shape index (κ2) is 8.49. The van der Waals surface area contributed by atoms with Crippen LogP contribution in [0.1, 0.15) is 37.1 Å². The van der Waals surface area contributed by atoms with Gasteiger partial charge in [0, 0.05) is 0 Å². The summed E-state index contributed by atoms with van der Waals surface area (Å²) in [6, 6.07) is 9.81. The molecule has 0 aliphatic heterocycles. The van der Waals surface area contributed by atoms with E-state index in [1.807, 2.05) is 30.3 Å². The lowest BCUT2D eigenvalue weighted by Gasteiger charge is -2.18. The number of nitrogens with zero attached hydrogens (tertiary/aromatic N) is 3. The van der Waals surface area contributed by atoms with Gasteiger partial charge in [-0.2, -0.15) is 4.68 Å². The van der Waals surface area contributed by atoms with E-state index in [0.717, 1.165) is 34.8 Å². The molecule has 1 aromatic heterocycles.